The number of primary sulfonamides is 1. The molecule has 0 aliphatic heterocycles. The first-order valence-corrected chi connectivity index (χ1v) is 9.71. The van der Waals surface area contributed by atoms with Crippen LogP contribution in [0.1, 0.15) is 6.92 Å². The Balaban J connectivity index is 2.29. The zero-order valence-electron chi connectivity index (χ0n) is 15.3. The molecule has 0 saturated heterocycles. The average molecular weight is 408 g/mol. The summed E-state index contributed by atoms with van der Waals surface area (Å²) in [6.45, 7) is 1.80. The number of ether oxygens (including phenoxy) is 1. The lowest BCUT2D eigenvalue weighted by Gasteiger charge is -2.22. The van der Waals surface area contributed by atoms with Gasteiger partial charge in [-0.05, 0) is 31.2 Å². The Labute approximate surface area is 162 Å². The van der Waals surface area contributed by atoms with Crippen molar-refractivity contribution < 1.29 is 22.9 Å². The van der Waals surface area contributed by atoms with E-state index in [9.17, 15) is 23.3 Å². The lowest BCUT2D eigenvalue weighted by atomic mass is 10.2. The second-order valence-electron chi connectivity index (χ2n) is 5.72. The average Bonchev–Trinajstić information content (AvgIpc) is 2.65. The van der Waals surface area contributed by atoms with E-state index in [4.69, 9.17) is 9.88 Å². The normalized spacial score (nSPS) is 11.0. The maximum atomic E-state index is 12.4. The number of amides is 1. The number of carbonyl (C=O) groups excluding carboxylic acids is 1. The molecule has 0 aromatic heterocycles. The molecule has 0 aliphatic carbocycles. The molecule has 0 atom stereocenters. The van der Waals surface area contributed by atoms with Crippen LogP contribution in [0.5, 0.6) is 5.75 Å². The number of nitrogens with one attached hydrogen (secondary N) is 1. The molecule has 2 aromatic carbocycles. The summed E-state index contributed by atoms with van der Waals surface area (Å²) in [4.78, 5) is 24.2. The number of para-hydroxylation sites is 2. The van der Waals surface area contributed by atoms with Crippen molar-refractivity contribution in [1.82, 2.24) is 0 Å². The molecule has 0 radical (unpaired) electrons. The maximum Gasteiger partial charge on any atom is 0.293 e. The first-order valence-electron chi connectivity index (χ1n) is 8.16. The molecule has 0 bridgehead atoms. The number of hydrogen-bond donors (Lipinski definition) is 2. The molecule has 11 heteroatoms. The van der Waals surface area contributed by atoms with Gasteiger partial charge in [0.05, 0.1) is 29.2 Å². The number of methoxy groups -OCH3 is 1. The number of benzene rings is 2. The summed E-state index contributed by atoms with van der Waals surface area (Å²) in [5.41, 5.74) is 0.110. The van der Waals surface area contributed by atoms with Crippen LogP contribution in [-0.2, 0) is 14.8 Å². The molecule has 10 nitrogen and oxygen atoms in total. The summed E-state index contributed by atoms with van der Waals surface area (Å²) in [6, 6.07) is 10.1. The van der Waals surface area contributed by atoms with E-state index in [-0.39, 0.29) is 23.7 Å². The molecular formula is C17H20N4O6S. The van der Waals surface area contributed by atoms with Crippen LogP contribution in [0.25, 0.3) is 0 Å². The van der Waals surface area contributed by atoms with Crippen LogP contribution in [0, 0.1) is 10.1 Å². The van der Waals surface area contributed by atoms with Gasteiger partial charge in [0.15, 0.2) is 0 Å². The number of hydrogen-bond acceptors (Lipinski definition) is 7. The quantitative estimate of drug-likeness (QED) is 0.499. The zero-order valence-corrected chi connectivity index (χ0v) is 16.1. The van der Waals surface area contributed by atoms with Crippen LogP contribution in [0.15, 0.2) is 47.4 Å². The highest BCUT2D eigenvalue weighted by Gasteiger charge is 2.23. The van der Waals surface area contributed by atoms with E-state index >= 15 is 0 Å². The van der Waals surface area contributed by atoms with Crippen molar-refractivity contribution in [2.75, 3.05) is 30.4 Å². The van der Waals surface area contributed by atoms with Crippen molar-refractivity contribution in [3.05, 3.63) is 52.6 Å². The van der Waals surface area contributed by atoms with Gasteiger partial charge in [-0.1, -0.05) is 12.1 Å². The number of nitro benzene ring substituents is 1. The third kappa shape index (κ3) is 4.96. The summed E-state index contributed by atoms with van der Waals surface area (Å²) in [5.74, 6) is 0.0542. The van der Waals surface area contributed by atoms with E-state index in [2.05, 4.69) is 5.32 Å². The van der Waals surface area contributed by atoms with Crippen LogP contribution in [0.4, 0.5) is 17.1 Å². The number of carbonyl (C=O) groups is 1. The van der Waals surface area contributed by atoms with Gasteiger partial charge in [0.1, 0.15) is 11.4 Å². The Bertz CT molecular complexity index is 993. The van der Waals surface area contributed by atoms with Crippen molar-refractivity contribution in [3.8, 4) is 5.75 Å². The Morgan fingerprint density at radius 3 is 2.54 bits per heavy atom. The van der Waals surface area contributed by atoms with Gasteiger partial charge >= 0.3 is 0 Å². The van der Waals surface area contributed by atoms with E-state index < -0.39 is 26.5 Å². The molecule has 150 valence electrons. The summed E-state index contributed by atoms with van der Waals surface area (Å²) >= 11 is 0. The van der Waals surface area contributed by atoms with Crippen molar-refractivity contribution in [3.63, 3.8) is 0 Å². The number of rotatable bonds is 8. The van der Waals surface area contributed by atoms with Crippen LogP contribution in [0.2, 0.25) is 0 Å². The minimum absolute atomic E-state index is 0.107. The van der Waals surface area contributed by atoms with E-state index in [1.165, 1.54) is 24.1 Å². The number of nitrogens with two attached hydrogens (primary N) is 1. The standard InChI is InChI=1S/C17H20N4O6S/c1-3-20(11-17(22)19-13-6-4-5-7-16(13)27-2)14-9-8-12(28(18,25)26)10-15(14)21(23)24/h4-10H,3,11H2,1-2H3,(H,19,22)(H2,18,25,26). The SMILES string of the molecule is CCN(CC(=O)Nc1ccccc1OC)c1ccc(S(N)(=O)=O)cc1[N+](=O)[O-]. The summed E-state index contributed by atoms with van der Waals surface area (Å²) in [7, 11) is -2.62. The monoisotopic (exact) mass is 408 g/mol. The topological polar surface area (TPSA) is 145 Å². The van der Waals surface area contributed by atoms with Crippen LogP contribution >= 0.6 is 0 Å². The van der Waals surface area contributed by atoms with Gasteiger partial charge in [-0.2, -0.15) is 0 Å². The number of likely N-dealkylation sites (N-methyl/N-ethyl adjacent to an activating group) is 1. The van der Waals surface area contributed by atoms with Gasteiger partial charge in [-0.3, -0.25) is 14.9 Å². The lowest BCUT2D eigenvalue weighted by Crippen LogP contribution is -2.33. The van der Waals surface area contributed by atoms with Gasteiger partial charge in [0.25, 0.3) is 5.69 Å². The molecule has 0 aliphatic rings. The highest BCUT2D eigenvalue weighted by atomic mass is 32.2. The smallest absolute Gasteiger partial charge is 0.293 e. The maximum absolute atomic E-state index is 12.4. The molecule has 2 aromatic rings. The molecule has 0 fully saturated rings. The molecule has 0 spiro atoms. The predicted molar refractivity (Wildman–Crippen MR) is 104 cm³/mol. The van der Waals surface area contributed by atoms with Crippen molar-refractivity contribution in [1.29, 1.82) is 0 Å². The largest absolute Gasteiger partial charge is 0.495 e. The molecule has 28 heavy (non-hydrogen) atoms. The van der Waals surface area contributed by atoms with Crippen LogP contribution in [-0.4, -0.2) is 39.4 Å². The van der Waals surface area contributed by atoms with E-state index in [1.807, 2.05) is 0 Å². The molecule has 0 heterocycles. The van der Waals surface area contributed by atoms with Crippen molar-refractivity contribution in [2.45, 2.75) is 11.8 Å². The molecular weight excluding hydrogens is 388 g/mol. The fourth-order valence-electron chi connectivity index (χ4n) is 2.57. The summed E-state index contributed by atoms with van der Waals surface area (Å²) in [5, 5.41) is 19.1. The van der Waals surface area contributed by atoms with Gasteiger partial charge in [0.2, 0.25) is 15.9 Å². The minimum atomic E-state index is -4.10. The summed E-state index contributed by atoms with van der Waals surface area (Å²) in [6.07, 6.45) is 0. The van der Waals surface area contributed by atoms with Crippen molar-refractivity contribution >= 4 is 33.0 Å². The number of sulfonamides is 1. The Hall–Kier alpha value is -3.18. The summed E-state index contributed by atoms with van der Waals surface area (Å²) < 4.78 is 28.1. The van der Waals surface area contributed by atoms with E-state index in [0.29, 0.717) is 11.4 Å². The van der Waals surface area contributed by atoms with E-state index in [1.54, 1.807) is 31.2 Å². The number of anilines is 2. The third-order valence-electron chi connectivity index (χ3n) is 3.91. The number of nitrogens with zero attached hydrogens (tertiary/aromatic N) is 2. The third-order valence-corrected chi connectivity index (χ3v) is 4.82. The first-order chi connectivity index (χ1) is 13.2. The highest BCUT2D eigenvalue weighted by molar-refractivity contribution is 7.89. The molecule has 2 rings (SSSR count). The van der Waals surface area contributed by atoms with Gasteiger partial charge in [-0.15, -0.1) is 0 Å². The van der Waals surface area contributed by atoms with Crippen LogP contribution < -0.4 is 20.1 Å². The highest BCUT2D eigenvalue weighted by Crippen LogP contribution is 2.30. The molecule has 3 N–H and O–H groups in total. The number of nitro groups is 1. The Morgan fingerprint density at radius 2 is 1.96 bits per heavy atom. The minimum Gasteiger partial charge on any atom is -0.495 e. The van der Waals surface area contributed by atoms with Gasteiger partial charge in [0, 0.05) is 12.6 Å². The molecule has 0 saturated carbocycles. The van der Waals surface area contributed by atoms with Crippen LogP contribution in [0.3, 0.4) is 0 Å². The van der Waals surface area contributed by atoms with E-state index in [0.717, 1.165) is 6.07 Å². The fraction of sp³-hybridized carbons (Fsp3) is 0.235. The van der Waals surface area contributed by atoms with Crippen molar-refractivity contribution in [2.24, 2.45) is 5.14 Å². The Kier molecular flexibility index (Phi) is 6.54. The predicted octanol–water partition coefficient (Wildman–Crippen LogP) is 1.72. The second-order valence-corrected chi connectivity index (χ2v) is 7.28. The Morgan fingerprint density at radius 1 is 1.29 bits per heavy atom. The molecule has 0 unspecified atom stereocenters. The van der Waals surface area contributed by atoms with Gasteiger partial charge in [-0.25, -0.2) is 13.6 Å². The fourth-order valence-corrected chi connectivity index (χ4v) is 3.11. The zero-order chi connectivity index (χ0) is 20.9. The first kappa shape index (κ1) is 21.1. The lowest BCUT2D eigenvalue weighted by molar-refractivity contribution is -0.384. The molecule has 1 amide bonds. The second kappa shape index (κ2) is 8.67. The van der Waals surface area contributed by atoms with Gasteiger partial charge < -0.3 is 15.0 Å².